The van der Waals surface area contributed by atoms with Gasteiger partial charge in [-0.15, -0.1) is 0 Å². The van der Waals surface area contributed by atoms with Crippen LogP contribution in [0.5, 0.6) is 0 Å². The van der Waals surface area contributed by atoms with Crippen molar-refractivity contribution in [1.82, 2.24) is 9.55 Å². The summed E-state index contributed by atoms with van der Waals surface area (Å²) in [7, 11) is 0. The quantitative estimate of drug-likeness (QED) is 0.717. The van der Waals surface area contributed by atoms with Crippen LogP contribution in [0.1, 0.15) is 12.6 Å². The van der Waals surface area contributed by atoms with Gasteiger partial charge in [0.15, 0.2) is 5.67 Å². The predicted octanol–water partition coefficient (Wildman–Crippen LogP) is -0.239. The predicted molar refractivity (Wildman–Crippen MR) is 64.6 cm³/mol. The summed E-state index contributed by atoms with van der Waals surface area (Å²) < 4.78 is 20.3. The Balaban J connectivity index is 2.34. The fraction of sp³-hybridized carbons (Fsp3) is 0.556. The second kappa shape index (κ2) is 4.50. The maximum atomic E-state index is 13.7. The Hall–Kier alpha value is -0.740. The normalized spacial score (nSPS) is 28.5. The van der Waals surface area contributed by atoms with Gasteiger partial charge in [-0.1, -0.05) is 0 Å². The first-order chi connectivity index (χ1) is 7.95. The zero-order valence-electron chi connectivity index (χ0n) is 8.65. The lowest BCUT2D eigenvalue weighted by Crippen LogP contribution is -2.34. The highest BCUT2D eigenvalue weighted by atomic mass is 127. The zero-order chi connectivity index (χ0) is 12.6. The SMILES string of the molecule is O=c1[nH]c(=O)n([C@@H]2C[C@](F)(CO)CO2)cc1I. The molecule has 1 saturated heterocycles. The van der Waals surface area contributed by atoms with Crippen molar-refractivity contribution < 1.29 is 14.2 Å². The molecule has 1 aromatic rings. The average molecular weight is 356 g/mol. The molecule has 1 aromatic heterocycles. The Morgan fingerprint density at radius 2 is 2.41 bits per heavy atom. The molecule has 0 aliphatic carbocycles. The maximum Gasteiger partial charge on any atom is 0.330 e. The van der Waals surface area contributed by atoms with Crippen molar-refractivity contribution in [3.8, 4) is 0 Å². The minimum Gasteiger partial charge on any atom is -0.393 e. The molecular weight excluding hydrogens is 346 g/mol. The first-order valence-electron chi connectivity index (χ1n) is 4.87. The van der Waals surface area contributed by atoms with E-state index in [0.29, 0.717) is 3.57 Å². The number of nitrogens with one attached hydrogen (secondary N) is 1. The van der Waals surface area contributed by atoms with E-state index in [9.17, 15) is 14.0 Å². The first kappa shape index (κ1) is 12.7. The number of hydrogen-bond acceptors (Lipinski definition) is 4. The number of hydrogen-bond donors (Lipinski definition) is 2. The Morgan fingerprint density at radius 1 is 1.71 bits per heavy atom. The van der Waals surface area contributed by atoms with Crippen LogP contribution in [0.3, 0.4) is 0 Å². The Morgan fingerprint density at radius 3 is 3.00 bits per heavy atom. The molecule has 0 saturated carbocycles. The molecule has 2 heterocycles. The van der Waals surface area contributed by atoms with Gasteiger partial charge in [0.2, 0.25) is 0 Å². The smallest absolute Gasteiger partial charge is 0.330 e. The van der Waals surface area contributed by atoms with Crippen molar-refractivity contribution in [1.29, 1.82) is 0 Å². The Labute approximate surface area is 109 Å². The Bertz CT molecular complexity index is 543. The van der Waals surface area contributed by atoms with Gasteiger partial charge in [0.05, 0.1) is 16.8 Å². The van der Waals surface area contributed by atoms with Crippen LogP contribution in [0.25, 0.3) is 0 Å². The number of nitrogens with zero attached hydrogens (tertiary/aromatic N) is 1. The van der Waals surface area contributed by atoms with E-state index in [0.717, 1.165) is 4.57 Å². The third-order valence-electron chi connectivity index (χ3n) is 2.59. The standard InChI is InChI=1S/C9H10FIN2O4/c10-9(3-14)1-6(17-4-9)13-2-5(11)7(15)12-8(13)16/h2,6,14H,1,3-4H2,(H,12,15,16)/t6-,9-/m0/s1. The molecule has 17 heavy (non-hydrogen) atoms. The lowest BCUT2D eigenvalue weighted by molar-refractivity contribution is 0.0272. The van der Waals surface area contributed by atoms with Crippen LogP contribution in [-0.2, 0) is 4.74 Å². The summed E-state index contributed by atoms with van der Waals surface area (Å²) >= 11 is 1.77. The molecule has 94 valence electrons. The molecule has 0 bridgehead atoms. The van der Waals surface area contributed by atoms with Crippen molar-refractivity contribution in [2.75, 3.05) is 13.2 Å². The molecule has 2 N–H and O–H groups in total. The summed E-state index contributed by atoms with van der Waals surface area (Å²) in [5, 5.41) is 8.86. The average Bonchev–Trinajstić information content (AvgIpc) is 2.67. The van der Waals surface area contributed by atoms with Crippen LogP contribution in [0.15, 0.2) is 15.8 Å². The van der Waals surface area contributed by atoms with E-state index in [1.807, 2.05) is 0 Å². The number of alkyl halides is 1. The lowest BCUT2D eigenvalue weighted by atomic mass is 10.1. The topological polar surface area (TPSA) is 84.3 Å². The van der Waals surface area contributed by atoms with Crippen LogP contribution in [0.2, 0.25) is 0 Å². The third kappa shape index (κ3) is 2.43. The van der Waals surface area contributed by atoms with Crippen LogP contribution >= 0.6 is 22.6 Å². The number of rotatable bonds is 2. The van der Waals surface area contributed by atoms with Gasteiger partial charge in [-0.25, -0.2) is 9.18 Å². The molecule has 6 nitrogen and oxygen atoms in total. The number of halogens is 2. The molecule has 0 radical (unpaired) electrons. The fourth-order valence-electron chi connectivity index (χ4n) is 1.64. The molecular formula is C9H10FIN2O4. The lowest BCUT2D eigenvalue weighted by Gasteiger charge is -2.14. The van der Waals surface area contributed by atoms with Crippen LogP contribution in [0.4, 0.5) is 4.39 Å². The summed E-state index contributed by atoms with van der Waals surface area (Å²) in [6, 6.07) is 0. The number of aromatic nitrogens is 2. The molecule has 1 fully saturated rings. The van der Waals surface area contributed by atoms with E-state index in [1.165, 1.54) is 6.20 Å². The van der Waals surface area contributed by atoms with Gasteiger partial charge < -0.3 is 9.84 Å². The molecule has 8 heteroatoms. The van der Waals surface area contributed by atoms with Gasteiger partial charge in [0.25, 0.3) is 5.56 Å². The number of H-pyrrole nitrogens is 1. The summed E-state index contributed by atoms with van der Waals surface area (Å²) in [6.07, 6.45) is 0.395. The Kier molecular flexibility index (Phi) is 3.36. The summed E-state index contributed by atoms with van der Waals surface area (Å²) in [6.45, 7) is -0.922. The number of aliphatic hydroxyl groups is 1. The van der Waals surface area contributed by atoms with Gasteiger partial charge in [-0.05, 0) is 22.6 Å². The number of aromatic amines is 1. The van der Waals surface area contributed by atoms with Gasteiger partial charge in [-0.3, -0.25) is 14.3 Å². The highest BCUT2D eigenvalue weighted by Gasteiger charge is 2.41. The van der Waals surface area contributed by atoms with Crippen molar-refractivity contribution >= 4 is 22.6 Å². The van der Waals surface area contributed by atoms with Crippen LogP contribution < -0.4 is 11.2 Å². The molecule has 1 aliphatic heterocycles. The van der Waals surface area contributed by atoms with Crippen molar-refractivity contribution in [3.63, 3.8) is 0 Å². The van der Waals surface area contributed by atoms with Crippen molar-refractivity contribution in [2.24, 2.45) is 0 Å². The molecule has 1 aliphatic rings. The second-order valence-corrected chi connectivity index (χ2v) is 5.08. The van der Waals surface area contributed by atoms with E-state index in [4.69, 9.17) is 9.84 Å². The summed E-state index contributed by atoms with van der Waals surface area (Å²) in [4.78, 5) is 24.8. The van der Waals surface area contributed by atoms with Gasteiger partial charge in [0, 0.05) is 12.6 Å². The molecule has 2 atom stereocenters. The molecule has 0 unspecified atom stereocenters. The second-order valence-electron chi connectivity index (χ2n) is 3.92. The maximum absolute atomic E-state index is 13.7. The molecule has 0 aromatic carbocycles. The van der Waals surface area contributed by atoms with Gasteiger partial charge in [-0.2, -0.15) is 0 Å². The van der Waals surface area contributed by atoms with Crippen LogP contribution in [0, 0.1) is 3.57 Å². The summed E-state index contributed by atoms with van der Waals surface area (Å²) in [5.41, 5.74) is -2.97. The van der Waals surface area contributed by atoms with Crippen molar-refractivity contribution in [2.45, 2.75) is 18.3 Å². The highest BCUT2D eigenvalue weighted by Crippen LogP contribution is 2.33. The van der Waals surface area contributed by atoms with Gasteiger partial charge >= 0.3 is 5.69 Å². The molecule has 0 spiro atoms. The monoisotopic (exact) mass is 356 g/mol. The van der Waals surface area contributed by atoms with Gasteiger partial charge in [0.1, 0.15) is 6.23 Å². The third-order valence-corrected chi connectivity index (χ3v) is 3.36. The van der Waals surface area contributed by atoms with E-state index < -0.39 is 29.8 Å². The van der Waals surface area contributed by atoms with Crippen molar-refractivity contribution in [3.05, 3.63) is 30.6 Å². The highest BCUT2D eigenvalue weighted by molar-refractivity contribution is 14.1. The number of aliphatic hydroxyl groups excluding tert-OH is 1. The largest absolute Gasteiger partial charge is 0.393 e. The number of ether oxygens (including phenoxy) is 1. The minimum atomic E-state index is -1.83. The van der Waals surface area contributed by atoms with E-state index in [1.54, 1.807) is 22.6 Å². The van der Waals surface area contributed by atoms with E-state index >= 15 is 0 Å². The molecule has 0 amide bonds. The fourth-order valence-corrected chi connectivity index (χ4v) is 2.07. The van der Waals surface area contributed by atoms with E-state index in [2.05, 4.69) is 4.98 Å². The van der Waals surface area contributed by atoms with Crippen LogP contribution in [-0.4, -0.2) is 33.5 Å². The molecule has 2 rings (SSSR count). The summed E-state index contributed by atoms with van der Waals surface area (Å²) in [5.74, 6) is 0. The first-order valence-corrected chi connectivity index (χ1v) is 5.95. The zero-order valence-corrected chi connectivity index (χ0v) is 10.8. The van der Waals surface area contributed by atoms with E-state index in [-0.39, 0.29) is 13.0 Å². The minimum absolute atomic E-state index is 0.120.